The molecule has 1 N–H and O–H groups in total. The van der Waals surface area contributed by atoms with Crippen molar-refractivity contribution in [1.82, 2.24) is 10.5 Å². The largest absolute Gasteiger partial charge is 0.361 e. The summed E-state index contributed by atoms with van der Waals surface area (Å²) in [5.74, 6) is 0.877. The Morgan fingerprint density at radius 1 is 1.22 bits per heavy atom. The van der Waals surface area contributed by atoms with Crippen molar-refractivity contribution < 1.29 is 4.52 Å². The minimum atomic E-state index is 0.757. The van der Waals surface area contributed by atoms with Crippen molar-refractivity contribution in [3.8, 4) is 0 Å². The van der Waals surface area contributed by atoms with E-state index in [9.17, 15) is 0 Å². The molecule has 0 aliphatic rings. The number of halogens is 1. The number of rotatable bonds is 4. The van der Waals surface area contributed by atoms with Crippen LogP contribution in [0.2, 0.25) is 5.02 Å². The fraction of sp³-hybridized carbons (Fsp3) is 0.357. The smallest absolute Gasteiger partial charge is 0.138 e. The van der Waals surface area contributed by atoms with Crippen LogP contribution in [0, 0.1) is 20.8 Å². The number of benzene rings is 1. The van der Waals surface area contributed by atoms with Crippen molar-refractivity contribution in [2.75, 3.05) is 0 Å². The van der Waals surface area contributed by atoms with Crippen LogP contribution in [0.1, 0.15) is 28.1 Å². The van der Waals surface area contributed by atoms with Crippen molar-refractivity contribution in [1.29, 1.82) is 0 Å². The maximum Gasteiger partial charge on any atom is 0.138 e. The molecule has 0 amide bonds. The lowest BCUT2D eigenvalue weighted by atomic mass is 10.1. The van der Waals surface area contributed by atoms with Crippen LogP contribution in [-0.2, 0) is 13.1 Å². The van der Waals surface area contributed by atoms with Gasteiger partial charge in [-0.2, -0.15) is 0 Å². The van der Waals surface area contributed by atoms with Gasteiger partial charge in [-0.1, -0.05) is 28.9 Å². The summed E-state index contributed by atoms with van der Waals surface area (Å²) in [5, 5.41) is 8.12. The van der Waals surface area contributed by atoms with E-state index < -0.39 is 0 Å². The summed E-state index contributed by atoms with van der Waals surface area (Å²) in [6.45, 7) is 7.43. The highest BCUT2D eigenvalue weighted by molar-refractivity contribution is 6.31. The van der Waals surface area contributed by atoms with Gasteiger partial charge in [0.25, 0.3) is 0 Å². The summed E-state index contributed by atoms with van der Waals surface area (Å²) in [4.78, 5) is 0. The molecular weight excluding hydrogens is 248 g/mol. The van der Waals surface area contributed by atoms with Crippen LogP contribution >= 0.6 is 11.6 Å². The molecule has 0 saturated carbocycles. The summed E-state index contributed by atoms with van der Waals surface area (Å²) < 4.78 is 5.12. The number of nitrogens with one attached hydrogen (secondary N) is 1. The van der Waals surface area contributed by atoms with Gasteiger partial charge in [0.05, 0.1) is 5.69 Å². The van der Waals surface area contributed by atoms with E-state index in [1.807, 2.05) is 32.9 Å². The first kappa shape index (κ1) is 13.1. The molecule has 2 aromatic rings. The lowest BCUT2D eigenvalue weighted by Gasteiger charge is -2.06. The van der Waals surface area contributed by atoms with E-state index in [2.05, 4.69) is 16.5 Å². The maximum absolute atomic E-state index is 6.09. The molecule has 0 aliphatic heterocycles. The van der Waals surface area contributed by atoms with Gasteiger partial charge < -0.3 is 9.84 Å². The second kappa shape index (κ2) is 5.55. The van der Waals surface area contributed by atoms with Crippen molar-refractivity contribution in [2.45, 2.75) is 33.9 Å². The van der Waals surface area contributed by atoms with Crippen LogP contribution in [0.5, 0.6) is 0 Å². The van der Waals surface area contributed by atoms with Crippen molar-refractivity contribution in [2.24, 2.45) is 0 Å². The third kappa shape index (κ3) is 2.92. The minimum Gasteiger partial charge on any atom is -0.361 e. The van der Waals surface area contributed by atoms with Crippen LogP contribution in [0.15, 0.2) is 22.7 Å². The highest BCUT2D eigenvalue weighted by Gasteiger charge is 2.07. The number of aryl methyl sites for hydroxylation is 3. The van der Waals surface area contributed by atoms with Gasteiger partial charge in [-0.15, -0.1) is 0 Å². The molecule has 4 heteroatoms. The van der Waals surface area contributed by atoms with Gasteiger partial charge in [0.15, 0.2) is 0 Å². The molecule has 0 spiro atoms. The van der Waals surface area contributed by atoms with Crippen LogP contribution in [-0.4, -0.2) is 5.16 Å². The quantitative estimate of drug-likeness (QED) is 0.918. The van der Waals surface area contributed by atoms with Gasteiger partial charge in [-0.25, -0.2) is 0 Å². The monoisotopic (exact) mass is 264 g/mol. The van der Waals surface area contributed by atoms with Crippen molar-refractivity contribution >= 4 is 11.6 Å². The molecule has 0 unspecified atom stereocenters. The Morgan fingerprint density at radius 3 is 2.61 bits per heavy atom. The third-order valence-corrected chi connectivity index (χ3v) is 3.46. The minimum absolute atomic E-state index is 0.757. The van der Waals surface area contributed by atoms with Crippen LogP contribution in [0.3, 0.4) is 0 Å². The molecule has 0 atom stereocenters. The Labute approximate surface area is 112 Å². The molecule has 18 heavy (non-hydrogen) atoms. The molecule has 1 aromatic heterocycles. The maximum atomic E-state index is 6.09. The van der Waals surface area contributed by atoms with E-state index in [1.54, 1.807) is 0 Å². The Hall–Kier alpha value is -1.32. The Bertz CT molecular complexity index is 529. The van der Waals surface area contributed by atoms with E-state index >= 15 is 0 Å². The molecule has 1 aromatic carbocycles. The van der Waals surface area contributed by atoms with E-state index in [1.165, 1.54) is 5.56 Å². The molecule has 96 valence electrons. The Balaban J connectivity index is 1.94. The van der Waals surface area contributed by atoms with Crippen LogP contribution in [0.25, 0.3) is 0 Å². The number of nitrogens with zero attached hydrogens (tertiary/aromatic N) is 1. The van der Waals surface area contributed by atoms with Gasteiger partial charge in [-0.3, -0.25) is 0 Å². The summed E-state index contributed by atoms with van der Waals surface area (Å²) in [7, 11) is 0. The third-order valence-electron chi connectivity index (χ3n) is 3.05. The molecule has 2 rings (SSSR count). The molecule has 0 aliphatic carbocycles. The molecule has 0 saturated heterocycles. The van der Waals surface area contributed by atoms with Gasteiger partial charge in [0.2, 0.25) is 0 Å². The topological polar surface area (TPSA) is 38.1 Å². The number of hydrogen-bond donors (Lipinski definition) is 1. The Morgan fingerprint density at radius 2 is 2.00 bits per heavy atom. The summed E-state index contributed by atoms with van der Waals surface area (Å²) in [5.41, 5.74) is 4.36. The van der Waals surface area contributed by atoms with E-state index in [-0.39, 0.29) is 0 Å². The average molecular weight is 265 g/mol. The highest BCUT2D eigenvalue weighted by atomic mass is 35.5. The van der Waals surface area contributed by atoms with Crippen LogP contribution in [0.4, 0.5) is 0 Å². The first-order valence-corrected chi connectivity index (χ1v) is 6.33. The first-order chi connectivity index (χ1) is 8.58. The van der Waals surface area contributed by atoms with Gasteiger partial charge in [0.1, 0.15) is 5.76 Å². The summed E-state index contributed by atoms with van der Waals surface area (Å²) >= 11 is 6.09. The average Bonchev–Trinajstić information content (AvgIpc) is 2.65. The second-order valence-electron chi connectivity index (χ2n) is 4.49. The van der Waals surface area contributed by atoms with Gasteiger partial charge in [-0.05, 0) is 38.0 Å². The molecule has 3 nitrogen and oxygen atoms in total. The normalized spacial score (nSPS) is 10.9. The highest BCUT2D eigenvalue weighted by Crippen LogP contribution is 2.17. The first-order valence-electron chi connectivity index (χ1n) is 5.95. The van der Waals surface area contributed by atoms with E-state index in [0.717, 1.165) is 40.7 Å². The SMILES string of the molecule is Cc1ccc(CNCc2c(C)noc2C)cc1Cl. The lowest BCUT2D eigenvalue weighted by Crippen LogP contribution is -2.13. The molecule has 0 bridgehead atoms. The summed E-state index contributed by atoms with van der Waals surface area (Å²) in [6.07, 6.45) is 0. The van der Waals surface area contributed by atoms with E-state index in [4.69, 9.17) is 16.1 Å². The number of aromatic nitrogens is 1. The van der Waals surface area contributed by atoms with Crippen molar-refractivity contribution in [3.63, 3.8) is 0 Å². The number of hydrogen-bond acceptors (Lipinski definition) is 3. The fourth-order valence-corrected chi connectivity index (χ4v) is 2.04. The molecule has 0 fully saturated rings. The zero-order valence-electron chi connectivity index (χ0n) is 10.9. The van der Waals surface area contributed by atoms with Crippen LogP contribution < -0.4 is 5.32 Å². The molecular formula is C14H17ClN2O. The lowest BCUT2D eigenvalue weighted by molar-refractivity contribution is 0.392. The molecule has 1 heterocycles. The predicted molar refractivity (Wildman–Crippen MR) is 72.7 cm³/mol. The second-order valence-corrected chi connectivity index (χ2v) is 4.90. The summed E-state index contributed by atoms with van der Waals surface area (Å²) in [6, 6.07) is 6.12. The van der Waals surface area contributed by atoms with Gasteiger partial charge in [0, 0.05) is 23.7 Å². The zero-order valence-corrected chi connectivity index (χ0v) is 11.6. The predicted octanol–water partition coefficient (Wildman–Crippen LogP) is 3.54. The zero-order chi connectivity index (χ0) is 13.1. The van der Waals surface area contributed by atoms with E-state index in [0.29, 0.717) is 0 Å². The Kier molecular flexibility index (Phi) is 4.04. The standard InChI is InChI=1S/C14H17ClN2O/c1-9-4-5-12(6-14(9)15)7-16-8-13-10(2)17-18-11(13)3/h4-6,16H,7-8H2,1-3H3. The van der Waals surface area contributed by atoms with Gasteiger partial charge >= 0.3 is 0 Å². The fourth-order valence-electron chi connectivity index (χ4n) is 1.83. The van der Waals surface area contributed by atoms with Crippen molar-refractivity contribution in [3.05, 3.63) is 51.4 Å². The molecule has 0 radical (unpaired) electrons.